The minimum atomic E-state index is 0.0632. The van der Waals surface area contributed by atoms with Gasteiger partial charge >= 0.3 is 0 Å². The first-order chi connectivity index (χ1) is 9.22. The summed E-state index contributed by atoms with van der Waals surface area (Å²) in [5, 5.41) is 4.13. The first-order valence-electron chi connectivity index (χ1n) is 8.15. The third-order valence-electron chi connectivity index (χ3n) is 4.25. The van der Waals surface area contributed by atoms with E-state index < -0.39 is 0 Å². The number of hydrogen-bond donors (Lipinski definition) is 1. The topological polar surface area (TPSA) is 18.5 Å². The molecule has 126 valence electrons. The lowest BCUT2D eigenvalue weighted by molar-refractivity contribution is 0.182. The maximum Gasteiger partial charge on any atom is 0.237 e. The molecule has 0 aromatic heterocycles. The summed E-state index contributed by atoms with van der Waals surface area (Å²) in [5.41, 5.74) is 0.168. The molecule has 1 unspecified atom stereocenters. The van der Waals surface area contributed by atoms with Crippen molar-refractivity contribution in [1.82, 2.24) is 14.4 Å². The standard InChI is InChI=1S/C15H38BN3SSi/c1-11-15(8,21)17-14(6,7)20-19(10)16-13(4,5)18(9)12(2)3/h12,16-17H,11H2,1-10,21H3. The highest BCUT2D eigenvalue weighted by Gasteiger charge is 2.33. The van der Waals surface area contributed by atoms with E-state index in [1.807, 2.05) is 11.9 Å². The average Bonchev–Trinajstić information content (AvgIpc) is 2.24. The van der Waals surface area contributed by atoms with Crippen molar-refractivity contribution >= 4 is 29.6 Å². The summed E-state index contributed by atoms with van der Waals surface area (Å²) >= 11 is 1.92. The summed E-state index contributed by atoms with van der Waals surface area (Å²) in [6.45, 7) is 18.4. The summed E-state index contributed by atoms with van der Waals surface area (Å²) in [6.07, 6.45) is 1.19. The Bertz CT molecular complexity index is 322. The summed E-state index contributed by atoms with van der Waals surface area (Å²) in [6, 6.07) is 0.564. The van der Waals surface area contributed by atoms with E-state index in [1.54, 1.807) is 0 Å². The second-order valence-corrected chi connectivity index (χ2v) is 12.3. The van der Waals surface area contributed by atoms with Crippen LogP contribution in [0.1, 0.15) is 61.8 Å². The molecule has 0 fully saturated rings. The zero-order valence-electron chi connectivity index (χ0n) is 16.3. The van der Waals surface area contributed by atoms with Gasteiger partial charge in [0.05, 0.1) is 4.87 Å². The molecular formula is C15H38BN3SSi. The molecule has 0 amide bonds. The third kappa shape index (κ3) is 8.07. The van der Waals surface area contributed by atoms with Crippen LogP contribution < -0.4 is 5.32 Å². The van der Waals surface area contributed by atoms with Crippen LogP contribution in [0.2, 0.25) is 0 Å². The highest BCUT2D eigenvalue weighted by Crippen LogP contribution is 2.28. The maximum atomic E-state index is 3.82. The van der Waals surface area contributed by atoms with Crippen molar-refractivity contribution in [3.05, 3.63) is 0 Å². The zero-order chi connectivity index (χ0) is 17.1. The number of nitrogens with zero attached hydrogens (tertiary/aromatic N) is 2. The fourth-order valence-corrected chi connectivity index (χ4v) is 4.99. The van der Waals surface area contributed by atoms with Gasteiger partial charge in [-0.05, 0) is 53.4 Å². The molecule has 0 saturated heterocycles. The van der Waals surface area contributed by atoms with Gasteiger partial charge < -0.3 is 10.2 Å². The van der Waals surface area contributed by atoms with Gasteiger partial charge in [-0.25, -0.2) is 0 Å². The predicted octanol–water partition coefficient (Wildman–Crippen LogP) is 1.81. The van der Waals surface area contributed by atoms with Crippen molar-refractivity contribution in [3.8, 4) is 0 Å². The second-order valence-electron chi connectivity index (χ2n) is 8.27. The molecule has 0 heterocycles. The van der Waals surface area contributed by atoms with Crippen LogP contribution in [0.25, 0.3) is 0 Å². The quantitative estimate of drug-likeness (QED) is 0.394. The Hall–Kier alpha value is 0.512. The Morgan fingerprint density at radius 2 is 1.62 bits per heavy atom. The van der Waals surface area contributed by atoms with Crippen LogP contribution in [-0.2, 0) is 0 Å². The van der Waals surface area contributed by atoms with Gasteiger partial charge in [-0.15, -0.1) is 0 Å². The number of nitrogens with one attached hydrogen (secondary N) is 1. The molecule has 1 N–H and O–H groups in total. The highest BCUT2D eigenvalue weighted by molar-refractivity contribution is 7.99. The lowest BCUT2D eigenvalue weighted by Crippen LogP contribution is -2.56. The zero-order valence-corrected chi connectivity index (χ0v) is 19.1. The van der Waals surface area contributed by atoms with E-state index in [1.165, 1.54) is 16.7 Å². The van der Waals surface area contributed by atoms with Gasteiger partial charge in [0.15, 0.2) is 0 Å². The number of hydrogen-bond acceptors (Lipinski definition) is 4. The molecule has 0 spiro atoms. The van der Waals surface area contributed by atoms with Gasteiger partial charge in [-0.1, -0.05) is 39.6 Å². The van der Waals surface area contributed by atoms with Crippen LogP contribution >= 0.6 is 11.9 Å². The summed E-state index contributed by atoms with van der Waals surface area (Å²) in [7, 11) is 6.64. The fourth-order valence-electron chi connectivity index (χ4n) is 2.70. The molecule has 0 aliphatic rings. The van der Waals surface area contributed by atoms with Crippen molar-refractivity contribution in [2.45, 2.75) is 83.3 Å². The summed E-state index contributed by atoms with van der Waals surface area (Å²) < 4.78 is 2.39. The van der Waals surface area contributed by atoms with E-state index in [0.717, 1.165) is 7.41 Å². The van der Waals surface area contributed by atoms with Crippen LogP contribution in [0.4, 0.5) is 0 Å². The molecule has 21 heavy (non-hydrogen) atoms. The van der Waals surface area contributed by atoms with Crippen molar-refractivity contribution in [2.75, 3.05) is 14.1 Å². The van der Waals surface area contributed by atoms with Gasteiger partial charge in [0.25, 0.3) is 0 Å². The fraction of sp³-hybridized carbons (Fsp3) is 1.00. The molecule has 0 aromatic carbocycles. The molecule has 0 rings (SSSR count). The lowest BCUT2D eigenvalue weighted by Gasteiger charge is -2.43. The Morgan fingerprint density at radius 1 is 1.14 bits per heavy atom. The Labute approximate surface area is 141 Å². The van der Waals surface area contributed by atoms with Gasteiger partial charge in [0, 0.05) is 21.7 Å². The van der Waals surface area contributed by atoms with E-state index in [2.05, 4.69) is 83.9 Å². The molecular weight excluding hydrogens is 293 g/mol. The minimum Gasteiger partial charge on any atom is -0.304 e. The highest BCUT2D eigenvalue weighted by atomic mass is 32.2. The number of rotatable bonds is 9. The molecule has 0 aliphatic carbocycles. The van der Waals surface area contributed by atoms with Gasteiger partial charge in [-0.2, -0.15) is 0 Å². The summed E-state index contributed by atoms with van der Waals surface area (Å²) in [5.74, 6) is 0. The predicted molar refractivity (Wildman–Crippen MR) is 105 cm³/mol. The maximum absolute atomic E-state index is 3.82. The molecule has 0 radical (unpaired) electrons. The first-order valence-corrected chi connectivity index (χ1v) is 9.92. The van der Waals surface area contributed by atoms with E-state index in [0.29, 0.717) is 11.2 Å². The van der Waals surface area contributed by atoms with Gasteiger partial charge in [0.1, 0.15) is 0 Å². The van der Waals surface area contributed by atoms with Crippen LogP contribution in [0.5, 0.6) is 0 Å². The van der Waals surface area contributed by atoms with Crippen molar-refractivity contribution < 1.29 is 0 Å². The normalized spacial score (nSPS) is 16.8. The Kier molecular flexibility index (Phi) is 8.06. The SMILES string of the molecule is CCC(C)([SiH3])NC(C)(C)SN(C)BC(C)(C)N(C)C(C)C. The van der Waals surface area contributed by atoms with Crippen LogP contribution in [0.3, 0.4) is 0 Å². The minimum absolute atomic E-state index is 0.0632. The van der Waals surface area contributed by atoms with Crippen molar-refractivity contribution in [1.29, 1.82) is 0 Å². The van der Waals surface area contributed by atoms with Crippen LogP contribution in [0, 0.1) is 0 Å². The Balaban J connectivity index is 4.65. The molecule has 0 bridgehead atoms. The van der Waals surface area contributed by atoms with Crippen molar-refractivity contribution in [3.63, 3.8) is 0 Å². The van der Waals surface area contributed by atoms with E-state index in [-0.39, 0.29) is 10.3 Å². The third-order valence-corrected chi connectivity index (χ3v) is 6.20. The largest absolute Gasteiger partial charge is 0.304 e. The van der Waals surface area contributed by atoms with Crippen molar-refractivity contribution in [2.24, 2.45) is 0 Å². The monoisotopic (exact) mass is 331 g/mol. The van der Waals surface area contributed by atoms with E-state index >= 15 is 0 Å². The molecule has 6 heteroatoms. The van der Waals surface area contributed by atoms with Crippen LogP contribution in [0.15, 0.2) is 0 Å². The Morgan fingerprint density at radius 3 is 2.00 bits per heavy atom. The smallest absolute Gasteiger partial charge is 0.237 e. The molecule has 0 aliphatic heterocycles. The van der Waals surface area contributed by atoms with E-state index in [9.17, 15) is 0 Å². The molecule has 1 atom stereocenters. The second kappa shape index (κ2) is 7.86. The average molecular weight is 331 g/mol. The lowest BCUT2D eigenvalue weighted by atomic mass is 9.69. The van der Waals surface area contributed by atoms with Gasteiger partial charge in [0.2, 0.25) is 7.41 Å². The van der Waals surface area contributed by atoms with Crippen LogP contribution in [-0.4, -0.2) is 62.4 Å². The van der Waals surface area contributed by atoms with E-state index in [4.69, 9.17) is 0 Å². The first kappa shape index (κ1) is 21.5. The van der Waals surface area contributed by atoms with Gasteiger partial charge in [-0.3, -0.25) is 4.22 Å². The molecule has 3 nitrogen and oxygen atoms in total. The molecule has 0 aromatic rings. The molecule has 0 saturated carbocycles. The summed E-state index contributed by atoms with van der Waals surface area (Å²) in [4.78, 5) is 2.52.